The molecule has 4 heterocycles. The zero-order chi connectivity index (χ0) is 144. The van der Waals surface area contributed by atoms with E-state index in [1.807, 2.05) is 39.6 Å². The lowest BCUT2D eigenvalue weighted by atomic mass is 9.76. The van der Waals surface area contributed by atoms with E-state index in [9.17, 15) is 20.3 Å². The lowest BCUT2D eigenvalue weighted by Gasteiger charge is -2.36. The second-order valence-corrected chi connectivity index (χ2v) is 22.5. The Labute approximate surface area is 517 Å². The Kier molecular flexibility index (Phi) is 4.57. The summed E-state index contributed by atoms with van der Waals surface area (Å²) in [6.45, 7) is 20.9. The van der Waals surface area contributed by atoms with E-state index < -0.39 is 33.8 Å². The van der Waals surface area contributed by atoms with E-state index in [0.29, 0.717) is 77.1 Å². The zero-order valence-electron chi connectivity index (χ0n) is 135. The van der Waals surface area contributed by atoms with Gasteiger partial charge in [0.25, 0.3) is 0 Å². The number of anilines is 2. The van der Waals surface area contributed by atoms with Gasteiger partial charge in [0, 0.05) is 178 Å². The molecule has 0 radical (unpaired) electrons. The lowest BCUT2D eigenvalue weighted by Crippen LogP contribution is -2.42. The van der Waals surface area contributed by atoms with Crippen molar-refractivity contribution >= 4 is 51.4 Å². The first-order chi connectivity index (χ1) is 78.1. The molecular weight excluding hydrogens is 806 g/mol. The molecule has 6 rings (SSSR count). The minimum atomic E-state index is -1.85. The van der Waals surface area contributed by atoms with Crippen LogP contribution in [0.4, 0.5) is 11.6 Å². The summed E-state index contributed by atoms with van der Waals surface area (Å²) in [5, 5.41) is 37.7. The molecule has 0 amide bonds. The molecule has 15 nitrogen and oxygen atoms in total. The fourth-order valence-corrected chi connectivity index (χ4v) is 7.08. The topological polar surface area (TPSA) is 193 Å². The number of benzene rings is 2. The van der Waals surface area contributed by atoms with E-state index in [1.54, 1.807) is 72.6 Å². The van der Waals surface area contributed by atoms with Gasteiger partial charge in [-0.3, -0.25) is 4.79 Å². The molecule has 424 valence electrons. The first-order valence-electron chi connectivity index (χ1n) is 69.4. The van der Waals surface area contributed by atoms with Crippen LogP contribution in [0.15, 0.2) is 60.7 Å². The highest BCUT2D eigenvalue weighted by Gasteiger charge is 2.52. The van der Waals surface area contributed by atoms with Crippen molar-refractivity contribution in [3.8, 4) is 35.4 Å². The van der Waals surface area contributed by atoms with Crippen LogP contribution in [-0.2, 0) is 25.0 Å². The summed E-state index contributed by atoms with van der Waals surface area (Å²) in [4.78, 5) is 24.6. The second kappa shape index (κ2) is 19.4. The van der Waals surface area contributed by atoms with Crippen molar-refractivity contribution in [2.24, 2.45) is 0 Å². The Bertz CT molecular complexity index is 2470. The maximum atomic E-state index is 12.0. The molecule has 0 atom stereocenters. The smallest absolute Gasteiger partial charge is 0.438 e. The number of fused-ring (bicyclic) bond motifs is 1. The van der Waals surface area contributed by atoms with Gasteiger partial charge in [0.05, 0.1) is 31.0 Å². The van der Waals surface area contributed by atoms with E-state index >= 15 is 0 Å². The van der Waals surface area contributed by atoms with Gasteiger partial charge in [-0.05, 0) is 111 Å². The highest BCUT2D eigenvalue weighted by Crippen LogP contribution is 2.38. The summed E-state index contributed by atoms with van der Waals surface area (Å²) in [6.07, 6.45) is 0.748. The molecule has 18 heteroatoms. The van der Waals surface area contributed by atoms with Crippen LogP contribution in [0, 0.1) is 22.7 Å². The number of carbonyl (C=O) groups is 1. The van der Waals surface area contributed by atoms with Crippen molar-refractivity contribution in [3.63, 3.8) is 0 Å². The number of aromatic nitrogens is 2. The van der Waals surface area contributed by atoms with E-state index in [0.717, 1.165) is 11.8 Å². The van der Waals surface area contributed by atoms with Crippen molar-refractivity contribution in [3.05, 3.63) is 82.9 Å². The third-order valence-electron chi connectivity index (χ3n) is 11.7. The summed E-state index contributed by atoms with van der Waals surface area (Å²) < 4.78 is 525. The number of hydrogen-bond donors (Lipinski definition) is 2. The Morgan fingerprint density at radius 2 is 1.39 bits per heavy atom. The number of nitrogens with zero attached hydrogens (tertiary/aromatic N) is 6. The fourth-order valence-electron chi connectivity index (χ4n) is 6.04. The molecule has 1 saturated heterocycles. The first-order valence-corrected chi connectivity index (χ1v) is 23.3. The van der Waals surface area contributed by atoms with Crippen molar-refractivity contribution in [1.82, 2.24) is 9.97 Å². The molecule has 0 bridgehead atoms. The van der Waals surface area contributed by atoms with Crippen LogP contribution in [0.2, 0.25) is 18.1 Å². The van der Waals surface area contributed by atoms with Crippen LogP contribution in [0.25, 0.3) is 0 Å². The van der Waals surface area contributed by atoms with Gasteiger partial charge >= 0.3 is 14.2 Å². The predicted molar refractivity (Wildman–Crippen MR) is 345 cm³/mol. The van der Waals surface area contributed by atoms with E-state index in [2.05, 4.69) is 56.0 Å². The molecule has 2 aromatic carbocycles. The van der Waals surface area contributed by atoms with Crippen LogP contribution in [0.1, 0.15) is 221 Å². The van der Waals surface area contributed by atoms with Gasteiger partial charge in [0.15, 0.2) is 8.32 Å². The van der Waals surface area contributed by atoms with Crippen molar-refractivity contribution in [1.29, 1.82) is 10.5 Å². The molecule has 0 spiro atoms. The van der Waals surface area contributed by atoms with Gasteiger partial charge in [0.2, 0.25) is 11.8 Å². The standard InChI is InChI=1S/C28H40BN3O5Si.C16H16BN3O4.49H2/c1-26(2,3)38(9,10)34-16-15-32(8)24-14-11-20(18-30)25(31-24)35-22-12-13-23(21(17-22)19-33)29-36-27(4,5)28(6,7)37-29;1-20(6-7-21)15-5-2-11(9-18)16(19-15)24-13-3-4-14-12(8-13)10-23-17(14)22;;;;;;;;;;;;;;;;;;;;;;;;;;;;;;;;;;;;;;;;;;;;;;;;;/h11-14,17,19H,15-16H2,1-10H3;2-5,8,21-22H,6-7,10H2,1H3;49*1H/i;;49*1+1D. The van der Waals surface area contributed by atoms with Crippen LogP contribution in [-0.4, -0.2) is 101 Å². The summed E-state index contributed by atoms with van der Waals surface area (Å²) >= 11 is 0. The maximum absolute atomic E-state index is 12.0. The Hall–Kier alpha value is -5.30. The van der Waals surface area contributed by atoms with Crippen LogP contribution in [0.5, 0.6) is 23.3 Å². The number of likely N-dealkylation sites (N-methyl/N-ethyl adjacent to an activating group) is 2. The highest BCUT2D eigenvalue weighted by atomic mass is 28.4. The van der Waals surface area contributed by atoms with Crippen molar-refractivity contribution in [2.45, 2.75) is 84.4 Å². The molecule has 0 saturated carbocycles. The molecule has 2 aromatic heterocycles. The van der Waals surface area contributed by atoms with Gasteiger partial charge in [-0.25, -0.2) is 0 Å². The Balaban J connectivity index is -0.0000000222. The van der Waals surface area contributed by atoms with Crippen LogP contribution >= 0.6 is 0 Å². The normalized spacial score (nSPS) is 21.5. The average molecular weight is 1060 g/mol. The summed E-state index contributed by atoms with van der Waals surface area (Å²) in [6, 6.07) is 21.3. The number of nitriles is 2. The van der Waals surface area contributed by atoms with Crippen LogP contribution < -0.4 is 30.2 Å². The molecule has 0 unspecified atom stereocenters. The number of carbonyl (C=O) groups excluding carboxylic acids is 1. The molecule has 2 aliphatic rings. The monoisotopic (exact) mass is 1060 g/mol. The van der Waals surface area contributed by atoms with Gasteiger partial charge in [-0.15, -0.1) is 0 Å². The molecular formula is C44H154B2N6O9Si. The van der Waals surface area contributed by atoms with E-state index in [4.69, 9.17) is 178 Å². The number of aliphatic hydroxyl groups is 1. The zero-order valence-corrected chi connectivity index (χ0v) is 38.5. The lowest BCUT2D eigenvalue weighted by molar-refractivity contribution is 0.00578. The van der Waals surface area contributed by atoms with Gasteiger partial charge in [-0.1, -0.05) is 32.9 Å². The molecule has 1 fully saturated rings. The largest absolute Gasteiger partial charge is 0.495 e. The number of aliphatic hydroxyl groups excluding tert-OH is 1. The molecule has 2 aliphatic heterocycles. The number of hydrogen-bond acceptors (Lipinski definition) is 15. The average Bonchev–Trinajstić information content (AvgIpc) is 1.61. The molecule has 62 heavy (non-hydrogen) atoms. The third-order valence-corrected chi connectivity index (χ3v) is 16.3. The number of pyridine rings is 2. The quantitative estimate of drug-likeness (QED) is 0.0894. The number of ether oxygens (including phenoxy) is 2. The minimum absolute atomic E-state index is 0.00151. The predicted octanol–water partition coefficient (Wildman–Crippen LogP) is 17.8. The minimum Gasteiger partial charge on any atom is -0.438 e. The van der Waals surface area contributed by atoms with Crippen molar-refractivity contribution < 1.29 is 188 Å². The maximum Gasteiger partial charge on any atom is 0.495 e. The molecule has 2 N–H and O–H groups in total. The summed E-state index contributed by atoms with van der Waals surface area (Å²) in [5.74, 6) is 2.51. The summed E-state index contributed by atoms with van der Waals surface area (Å²) in [5.41, 5.74) is 2.11. The number of rotatable bonds is 14. The first kappa shape index (κ1) is 14.6. The van der Waals surface area contributed by atoms with E-state index in [1.165, 1.54) is 0 Å². The van der Waals surface area contributed by atoms with Gasteiger partial charge < -0.3 is 47.8 Å². The summed E-state index contributed by atoms with van der Waals surface area (Å²) in [7, 11) is 0.293. The molecule has 0 aliphatic carbocycles. The third kappa shape index (κ3) is 11.0. The Morgan fingerprint density at radius 1 is 0.871 bits per heavy atom. The van der Waals surface area contributed by atoms with Gasteiger partial charge in [0.1, 0.15) is 52.7 Å². The van der Waals surface area contributed by atoms with Crippen LogP contribution in [0.3, 0.4) is 0 Å². The van der Waals surface area contributed by atoms with Crippen molar-refractivity contribution in [2.75, 3.05) is 50.2 Å². The van der Waals surface area contributed by atoms with Gasteiger partial charge in [-0.2, -0.15) is 20.5 Å². The number of aldehydes is 1. The highest BCUT2D eigenvalue weighted by molar-refractivity contribution is 6.74. The Morgan fingerprint density at radius 3 is 1.89 bits per heavy atom. The second-order valence-electron chi connectivity index (χ2n) is 17.7. The molecule has 4 aromatic rings. The fraction of sp³-hybridized carbons (Fsp3) is 0.432. The van der Waals surface area contributed by atoms with E-state index in [-0.39, 0.29) is 23.4 Å². The SMILES string of the molecule is CN(CCO)c1ccc(C#N)c(Oc2ccc3c(c2)COB3O)n1.CN(CCO[Si](C)(C)C(C)(C)C)c1ccc(C#N)c(Oc2ccc(B3OC(C)(C)C(C)(C)O3)c(C=O)c2)n1.[2H][2H].[2H][2H].[2H][2H].[2H][2H].[2H][2H].[2H][2H].[2H][2H].[2H][2H].[2H][2H].[2H][2H].[2H][2H].[2H][2H].[2H][2H].[2H][2H].[2H][2H].[2H][2H].[2H][2H].[2H][2H].[2H][2H].[2H][2H].[2H][2H].[2H][2H].[2H][2H].[2H][2H].[2H][2H].[2H][2H].[2H][2H].[2H][2H].[2H][2H].[2H][2H].[2H][2H].[2H][2H].[2H][2H].[2H][2H].[2H][2H].[2H][2H].[2H][2H].[2H][2H].[2H][2H].[2H][2H].[2H][2H].[2H][2H].[2H][2H].[2H][2H].[2H][2H].[2H][2H].[2H][2H].[2H][2H].[2H][2H].